The maximum atomic E-state index is 10.8. The molecule has 0 saturated carbocycles. The van der Waals surface area contributed by atoms with E-state index in [1.54, 1.807) is 0 Å². The number of aryl methyl sites for hydroxylation is 1. The lowest BCUT2D eigenvalue weighted by atomic mass is 9.79. The van der Waals surface area contributed by atoms with Gasteiger partial charge in [-0.25, -0.2) is 0 Å². The Bertz CT molecular complexity index is 1130. The number of benzene rings is 3. The summed E-state index contributed by atoms with van der Waals surface area (Å²) in [5.41, 5.74) is 8.03. The summed E-state index contributed by atoms with van der Waals surface area (Å²) in [6.07, 6.45) is 3.40. The molecule has 3 aromatic carbocycles. The van der Waals surface area contributed by atoms with Crippen LogP contribution in [0.3, 0.4) is 0 Å². The monoisotopic (exact) mass is 400 g/mol. The third-order valence-corrected chi connectivity index (χ3v) is 6.21. The van der Waals surface area contributed by atoms with Crippen molar-refractivity contribution in [1.82, 2.24) is 0 Å². The fourth-order valence-corrected chi connectivity index (χ4v) is 4.58. The summed E-state index contributed by atoms with van der Waals surface area (Å²) in [5, 5.41) is 10.1. The molecule has 1 N–H and O–H groups in total. The molecular weight excluding hydrogens is 376 g/mol. The molecule has 1 atom stereocenters. The van der Waals surface area contributed by atoms with Gasteiger partial charge in [-0.15, -0.1) is 0 Å². The van der Waals surface area contributed by atoms with Crippen LogP contribution in [0.5, 0.6) is 17.2 Å². The number of phenols is 1. The summed E-state index contributed by atoms with van der Waals surface area (Å²) in [4.78, 5) is 10.8. The van der Waals surface area contributed by atoms with E-state index in [1.165, 1.54) is 16.7 Å². The van der Waals surface area contributed by atoms with Gasteiger partial charge in [-0.2, -0.15) is 0 Å². The number of carbonyl (C=O) groups excluding carboxylic acids is 1. The molecule has 1 aliphatic carbocycles. The van der Waals surface area contributed by atoms with Gasteiger partial charge in [0.2, 0.25) is 0 Å². The van der Waals surface area contributed by atoms with Crippen LogP contribution in [0.4, 0.5) is 0 Å². The summed E-state index contributed by atoms with van der Waals surface area (Å²) in [6, 6.07) is 16.1. The fraction of sp³-hybridized carbons (Fsp3) is 0.269. The molecule has 4 nitrogen and oxygen atoms in total. The minimum Gasteiger partial charge on any atom is -0.508 e. The van der Waals surface area contributed by atoms with Crippen molar-refractivity contribution < 1.29 is 19.4 Å². The number of hydrogen-bond acceptors (Lipinski definition) is 4. The third-order valence-electron chi connectivity index (χ3n) is 6.21. The van der Waals surface area contributed by atoms with E-state index < -0.39 is 0 Å². The van der Waals surface area contributed by atoms with Crippen molar-refractivity contribution in [3.05, 3.63) is 76.3 Å². The van der Waals surface area contributed by atoms with Gasteiger partial charge < -0.3 is 19.4 Å². The SMILES string of the molecule is Cc1cc(O)c2c(c1-c1cccc(COc3ccc4c(c3)OC[C@H]4CC=O)c1)CC2. The molecule has 5 rings (SSSR count). The van der Waals surface area contributed by atoms with Crippen molar-refractivity contribution in [3.63, 3.8) is 0 Å². The first kappa shape index (κ1) is 18.7. The Kier molecular flexibility index (Phi) is 4.70. The van der Waals surface area contributed by atoms with Crippen LogP contribution in [0.1, 0.15) is 40.2 Å². The second-order valence-electron chi connectivity index (χ2n) is 8.14. The highest BCUT2D eigenvalue weighted by molar-refractivity contribution is 5.76. The van der Waals surface area contributed by atoms with Crippen molar-refractivity contribution in [2.75, 3.05) is 6.61 Å². The second-order valence-corrected chi connectivity index (χ2v) is 8.14. The van der Waals surface area contributed by atoms with Gasteiger partial charge in [0.25, 0.3) is 0 Å². The molecule has 0 bridgehead atoms. The van der Waals surface area contributed by atoms with E-state index in [0.717, 1.165) is 52.9 Å². The van der Waals surface area contributed by atoms with E-state index in [2.05, 4.69) is 31.2 Å². The van der Waals surface area contributed by atoms with E-state index >= 15 is 0 Å². The Morgan fingerprint density at radius 3 is 2.80 bits per heavy atom. The van der Waals surface area contributed by atoms with Gasteiger partial charge in [0.05, 0.1) is 6.61 Å². The maximum absolute atomic E-state index is 10.8. The van der Waals surface area contributed by atoms with Gasteiger partial charge in [-0.3, -0.25) is 0 Å². The maximum Gasteiger partial charge on any atom is 0.126 e. The van der Waals surface area contributed by atoms with Gasteiger partial charge >= 0.3 is 0 Å². The molecule has 0 saturated heterocycles. The standard InChI is InChI=1S/C26H24O4/c1-16-11-24(28)22-7-8-23(22)26(16)18-4-2-3-17(12-18)14-29-20-5-6-21-19(9-10-27)15-30-25(21)13-20/h2-6,10-13,19,28H,7-9,14-15H2,1H3/t19-/m1/s1. The predicted molar refractivity (Wildman–Crippen MR) is 115 cm³/mol. The summed E-state index contributed by atoms with van der Waals surface area (Å²) < 4.78 is 11.8. The van der Waals surface area contributed by atoms with Crippen molar-refractivity contribution >= 4 is 6.29 Å². The Morgan fingerprint density at radius 1 is 1.13 bits per heavy atom. The average molecular weight is 400 g/mol. The minimum absolute atomic E-state index is 0.148. The van der Waals surface area contributed by atoms with E-state index in [9.17, 15) is 9.90 Å². The molecule has 0 aromatic heterocycles. The lowest BCUT2D eigenvalue weighted by Crippen LogP contribution is -2.11. The van der Waals surface area contributed by atoms with Gasteiger partial charge in [-0.05, 0) is 71.3 Å². The zero-order valence-corrected chi connectivity index (χ0v) is 17.0. The van der Waals surface area contributed by atoms with Gasteiger partial charge in [0.1, 0.15) is 30.1 Å². The Labute approximate surface area is 176 Å². The fourth-order valence-electron chi connectivity index (χ4n) is 4.58. The average Bonchev–Trinajstić information content (AvgIpc) is 3.11. The number of rotatable bonds is 6. The molecule has 0 amide bonds. The number of fused-ring (bicyclic) bond motifs is 2. The van der Waals surface area contributed by atoms with Crippen LogP contribution in [0.2, 0.25) is 0 Å². The van der Waals surface area contributed by atoms with Gasteiger partial charge in [0, 0.05) is 24.0 Å². The molecule has 0 fully saturated rings. The summed E-state index contributed by atoms with van der Waals surface area (Å²) in [7, 11) is 0. The molecule has 0 spiro atoms. The highest BCUT2D eigenvalue weighted by Gasteiger charge is 2.25. The van der Waals surface area contributed by atoms with Gasteiger partial charge in [-0.1, -0.05) is 24.3 Å². The van der Waals surface area contributed by atoms with Crippen LogP contribution in [0.25, 0.3) is 11.1 Å². The number of aldehydes is 1. The number of ether oxygens (including phenoxy) is 2. The molecule has 30 heavy (non-hydrogen) atoms. The van der Waals surface area contributed by atoms with Crippen LogP contribution >= 0.6 is 0 Å². The molecule has 0 radical (unpaired) electrons. The van der Waals surface area contributed by atoms with Crippen molar-refractivity contribution in [3.8, 4) is 28.4 Å². The quantitative estimate of drug-likeness (QED) is 0.584. The third kappa shape index (κ3) is 3.22. The van der Waals surface area contributed by atoms with E-state index in [0.29, 0.717) is 25.4 Å². The molecule has 3 aromatic rings. The summed E-state index contributed by atoms with van der Waals surface area (Å²) >= 11 is 0. The first-order chi connectivity index (χ1) is 14.6. The number of phenolic OH excluding ortho intramolecular Hbond substituents is 1. The smallest absolute Gasteiger partial charge is 0.126 e. The highest BCUT2D eigenvalue weighted by Crippen LogP contribution is 2.42. The van der Waals surface area contributed by atoms with Crippen molar-refractivity contribution in [2.24, 2.45) is 0 Å². The van der Waals surface area contributed by atoms with Crippen LogP contribution in [-0.4, -0.2) is 18.0 Å². The molecule has 0 unspecified atom stereocenters. The molecule has 4 heteroatoms. The van der Waals surface area contributed by atoms with Crippen molar-refractivity contribution in [2.45, 2.75) is 38.7 Å². The highest BCUT2D eigenvalue weighted by atomic mass is 16.5. The van der Waals surface area contributed by atoms with Crippen LogP contribution < -0.4 is 9.47 Å². The number of carbonyl (C=O) groups is 1. The van der Waals surface area contributed by atoms with Crippen LogP contribution in [0.15, 0.2) is 48.5 Å². The largest absolute Gasteiger partial charge is 0.508 e. The Morgan fingerprint density at radius 2 is 2.00 bits per heavy atom. The van der Waals surface area contributed by atoms with Gasteiger partial charge in [0.15, 0.2) is 0 Å². The van der Waals surface area contributed by atoms with Crippen LogP contribution in [0, 0.1) is 6.92 Å². The number of hydrogen-bond donors (Lipinski definition) is 1. The van der Waals surface area contributed by atoms with E-state index in [4.69, 9.17) is 9.47 Å². The zero-order valence-electron chi connectivity index (χ0n) is 17.0. The Hall–Kier alpha value is -3.27. The lowest BCUT2D eigenvalue weighted by molar-refractivity contribution is -0.108. The Balaban J connectivity index is 1.35. The molecule has 2 aliphatic rings. The molecular formula is C26H24O4. The zero-order chi connectivity index (χ0) is 20.7. The first-order valence-electron chi connectivity index (χ1n) is 10.4. The molecule has 152 valence electrons. The first-order valence-corrected chi connectivity index (χ1v) is 10.4. The van der Waals surface area contributed by atoms with E-state index in [1.807, 2.05) is 24.3 Å². The predicted octanol–water partition coefficient (Wildman–Crippen LogP) is 5.11. The molecule has 1 heterocycles. The second kappa shape index (κ2) is 7.52. The topological polar surface area (TPSA) is 55.8 Å². The minimum atomic E-state index is 0.148. The lowest BCUT2D eigenvalue weighted by Gasteiger charge is -2.26. The van der Waals surface area contributed by atoms with Crippen LogP contribution in [-0.2, 0) is 24.2 Å². The summed E-state index contributed by atoms with van der Waals surface area (Å²) in [6.45, 7) is 3.07. The summed E-state index contributed by atoms with van der Waals surface area (Å²) in [5.74, 6) is 2.14. The normalized spacial score (nSPS) is 16.2. The van der Waals surface area contributed by atoms with E-state index in [-0.39, 0.29) is 5.92 Å². The molecule has 1 aliphatic heterocycles. The van der Waals surface area contributed by atoms with Crippen molar-refractivity contribution in [1.29, 1.82) is 0 Å². The number of aromatic hydroxyl groups is 1.